The van der Waals surface area contributed by atoms with E-state index in [1.165, 1.54) is 18.2 Å². The number of thiocarbonyl (C=S) groups is 1. The molecule has 7 heteroatoms. The van der Waals surface area contributed by atoms with Crippen LogP contribution in [0.1, 0.15) is 58.4 Å². The van der Waals surface area contributed by atoms with Crippen LogP contribution >= 0.6 is 24.0 Å². The average Bonchev–Trinajstić information content (AvgIpc) is 3.46. The molecule has 1 atom stereocenters. The first-order valence-electron chi connectivity index (χ1n) is 13.2. The Labute approximate surface area is 229 Å². The number of carbonyl (C=O) groups excluding carboxylic acids is 1. The molecular weight excluding hydrogens is 498 g/mol. The summed E-state index contributed by atoms with van der Waals surface area (Å²) >= 11 is 7.02. The number of hydrogen-bond donors (Lipinski definition) is 0. The minimum Gasteiger partial charge on any atom is -0.494 e. The second kappa shape index (κ2) is 13.1. The number of ether oxygens (including phenoxy) is 1. The van der Waals surface area contributed by atoms with Gasteiger partial charge in [0.1, 0.15) is 10.1 Å². The highest BCUT2D eigenvalue weighted by atomic mass is 32.2. The summed E-state index contributed by atoms with van der Waals surface area (Å²) in [6.45, 7) is 7.86. The molecule has 0 unspecified atom stereocenters. The van der Waals surface area contributed by atoms with Gasteiger partial charge in [-0.2, -0.15) is 5.10 Å². The van der Waals surface area contributed by atoms with E-state index in [2.05, 4.69) is 20.8 Å². The molecule has 0 spiro atoms. The van der Waals surface area contributed by atoms with Crippen LogP contribution in [0.15, 0.2) is 65.7 Å². The van der Waals surface area contributed by atoms with Gasteiger partial charge in [-0.3, -0.25) is 9.69 Å². The van der Waals surface area contributed by atoms with Crippen LogP contribution in [0.2, 0.25) is 0 Å². The zero-order valence-corrected chi connectivity index (χ0v) is 23.5. The van der Waals surface area contributed by atoms with E-state index < -0.39 is 0 Å². The maximum atomic E-state index is 13.4. The third kappa shape index (κ3) is 6.70. The molecule has 0 saturated carbocycles. The van der Waals surface area contributed by atoms with Gasteiger partial charge in [-0.15, -0.1) is 0 Å². The number of aromatic nitrogens is 2. The highest BCUT2D eigenvalue weighted by Crippen LogP contribution is 2.36. The largest absolute Gasteiger partial charge is 0.494 e. The van der Waals surface area contributed by atoms with Gasteiger partial charge < -0.3 is 4.74 Å². The molecule has 37 heavy (non-hydrogen) atoms. The fourth-order valence-corrected chi connectivity index (χ4v) is 5.60. The topological polar surface area (TPSA) is 47.4 Å². The molecule has 1 fully saturated rings. The molecule has 1 amide bonds. The van der Waals surface area contributed by atoms with Gasteiger partial charge in [-0.25, -0.2) is 4.68 Å². The molecule has 2 heterocycles. The Morgan fingerprint density at radius 3 is 2.49 bits per heavy atom. The van der Waals surface area contributed by atoms with E-state index in [1.54, 1.807) is 4.90 Å². The molecule has 5 nitrogen and oxygen atoms in total. The van der Waals surface area contributed by atoms with Crippen molar-refractivity contribution in [3.8, 4) is 22.7 Å². The predicted molar refractivity (Wildman–Crippen MR) is 158 cm³/mol. The molecule has 1 saturated heterocycles. The second-order valence-corrected chi connectivity index (χ2v) is 11.0. The standard InChI is InChI=1S/C30H35N3O2S2/c1-4-7-11-22(6-3)20-32-29(34)27(37-30(32)36)19-24-21-33(25-12-9-8-10-13-25)31-28(24)23-14-16-26(17-15-23)35-18-5-2/h8-10,12-17,19,21-22H,4-7,11,18,20H2,1-3H3/b27-19-/t22-/m0/s1. The number of rotatable bonds is 12. The van der Waals surface area contributed by atoms with Crippen molar-refractivity contribution in [1.29, 1.82) is 0 Å². The molecule has 4 rings (SSSR count). The van der Waals surface area contributed by atoms with Gasteiger partial charge in [0.15, 0.2) is 0 Å². The lowest BCUT2D eigenvalue weighted by molar-refractivity contribution is -0.122. The van der Waals surface area contributed by atoms with Crippen molar-refractivity contribution in [1.82, 2.24) is 14.7 Å². The number of amides is 1. The van der Waals surface area contributed by atoms with Gasteiger partial charge >= 0.3 is 0 Å². The summed E-state index contributed by atoms with van der Waals surface area (Å²) in [6.07, 6.45) is 9.38. The monoisotopic (exact) mass is 533 g/mol. The fraction of sp³-hybridized carbons (Fsp3) is 0.367. The van der Waals surface area contributed by atoms with E-state index in [4.69, 9.17) is 22.1 Å². The van der Waals surface area contributed by atoms with E-state index in [0.29, 0.717) is 28.3 Å². The highest BCUT2D eigenvalue weighted by molar-refractivity contribution is 8.26. The Morgan fingerprint density at radius 1 is 1.05 bits per heavy atom. The van der Waals surface area contributed by atoms with Crippen LogP contribution < -0.4 is 4.74 Å². The molecule has 1 aromatic heterocycles. The van der Waals surface area contributed by atoms with Crippen molar-refractivity contribution in [2.75, 3.05) is 13.2 Å². The van der Waals surface area contributed by atoms with Crippen LogP contribution in [0, 0.1) is 5.92 Å². The third-order valence-electron chi connectivity index (χ3n) is 6.51. The Bertz CT molecular complexity index is 1240. The first kappa shape index (κ1) is 27.1. The number of benzene rings is 2. The van der Waals surface area contributed by atoms with Crippen molar-refractivity contribution in [3.63, 3.8) is 0 Å². The van der Waals surface area contributed by atoms with Gasteiger partial charge in [0.2, 0.25) is 0 Å². The highest BCUT2D eigenvalue weighted by Gasteiger charge is 2.33. The van der Waals surface area contributed by atoms with Crippen molar-refractivity contribution < 1.29 is 9.53 Å². The zero-order valence-electron chi connectivity index (χ0n) is 21.9. The van der Waals surface area contributed by atoms with Crippen molar-refractivity contribution in [2.45, 2.75) is 52.9 Å². The third-order valence-corrected chi connectivity index (χ3v) is 7.89. The quantitative estimate of drug-likeness (QED) is 0.176. The SMILES string of the molecule is CCCC[C@H](CC)CN1C(=O)/C(=C/c2cn(-c3ccccc3)nc2-c2ccc(OCCC)cc2)SC1=S. The van der Waals surface area contributed by atoms with Crippen LogP contribution in [-0.4, -0.2) is 38.1 Å². The first-order chi connectivity index (χ1) is 18.0. The Kier molecular flexibility index (Phi) is 9.58. The summed E-state index contributed by atoms with van der Waals surface area (Å²) < 4.78 is 8.26. The molecule has 194 valence electrons. The number of nitrogens with zero attached hydrogens (tertiary/aromatic N) is 3. The minimum absolute atomic E-state index is 0.00771. The molecule has 1 aliphatic heterocycles. The second-order valence-electron chi connectivity index (χ2n) is 9.29. The van der Waals surface area contributed by atoms with Crippen molar-refractivity contribution in [3.05, 3.63) is 71.3 Å². The Hall–Kier alpha value is -2.90. The van der Waals surface area contributed by atoms with Gasteiger partial charge in [-0.1, -0.05) is 82.2 Å². The zero-order chi connectivity index (χ0) is 26.2. The number of para-hydroxylation sites is 1. The lowest BCUT2D eigenvalue weighted by atomic mass is 9.99. The summed E-state index contributed by atoms with van der Waals surface area (Å²) in [7, 11) is 0. The lowest BCUT2D eigenvalue weighted by Gasteiger charge is -2.21. The number of thioether (sulfide) groups is 1. The van der Waals surface area contributed by atoms with E-state index in [-0.39, 0.29) is 5.91 Å². The average molecular weight is 534 g/mol. The van der Waals surface area contributed by atoms with E-state index in [1.807, 2.05) is 71.6 Å². The summed E-state index contributed by atoms with van der Waals surface area (Å²) in [5, 5.41) is 4.91. The Morgan fingerprint density at radius 2 is 1.81 bits per heavy atom. The smallest absolute Gasteiger partial charge is 0.266 e. The molecule has 2 aromatic carbocycles. The molecule has 3 aromatic rings. The summed E-state index contributed by atoms with van der Waals surface area (Å²) in [5.74, 6) is 1.29. The van der Waals surface area contributed by atoms with Crippen molar-refractivity contribution in [2.24, 2.45) is 5.92 Å². The van der Waals surface area contributed by atoms with Gasteiger partial charge in [0.05, 0.1) is 22.9 Å². The number of unbranched alkanes of at least 4 members (excludes halogenated alkanes) is 1. The van der Waals surface area contributed by atoms with Crippen LogP contribution in [0.4, 0.5) is 0 Å². The van der Waals surface area contributed by atoms with Gasteiger partial charge in [0, 0.05) is 23.9 Å². The molecular formula is C30H35N3O2S2. The molecule has 0 bridgehead atoms. The fourth-order valence-electron chi connectivity index (χ4n) is 4.33. The first-order valence-corrected chi connectivity index (χ1v) is 14.4. The summed E-state index contributed by atoms with van der Waals surface area (Å²) in [5.41, 5.74) is 3.61. The lowest BCUT2D eigenvalue weighted by Crippen LogP contribution is -2.33. The van der Waals surface area contributed by atoms with Crippen molar-refractivity contribution >= 4 is 40.3 Å². The molecule has 1 aliphatic rings. The van der Waals surface area contributed by atoms with Gasteiger partial charge in [-0.05, 0) is 61.2 Å². The van der Waals surface area contributed by atoms with E-state index in [9.17, 15) is 4.79 Å². The van der Waals surface area contributed by atoms with Gasteiger partial charge in [0.25, 0.3) is 5.91 Å². The van der Waals surface area contributed by atoms with Crippen LogP contribution in [0.25, 0.3) is 23.0 Å². The number of hydrogen-bond acceptors (Lipinski definition) is 5. The van der Waals surface area contributed by atoms with Crippen LogP contribution in [-0.2, 0) is 4.79 Å². The summed E-state index contributed by atoms with van der Waals surface area (Å²) in [6, 6.07) is 18.0. The molecule has 0 N–H and O–H groups in total. The maximum Gasteiger partial charge on any atom is 0.266 e. The minimum atomic E-state index is -0.00771. The summed E-state index contributed by atoms with van der Waals surface area (Å²) in [4.78, 5) is 15.9. The molecule has 0 aliphatic carbocycles. The van der Waals surface area contributed by atoms with E-state index in [0.717, 1.165) is 53.9 Å². The normalized spacial score (nSPS) is 15.5. The molecule has 0 radical (unpaired) electrons. The van der Waals surface area contributed by atoms with Crippen LogP contribution in [0.5, 0.6) is 5.75 Å². The van der Waals surface area contributed by atoms with Crippen LogP contribution in [0.3, 0.4) is 0 Å². The maximum absolute atomic E-state index is 13.4. The number of carbonyl (C=O) groups is 1. The predicted octanol–water partition coefficient (Wildman–Crippen LogP) is 7.75. The Balaban J connectivity index is 1.65. The van der Waals surface area contributed by atoms with E-state index >= 15 is 0 Å².